The summed E-state index contributed by atoms with van der Waals surface area (Å²) in [5.74, 6) is -0.300. The molecule has 1 saturated carbocycles. The summed E-state index contributed by atoms with van der Waals surface area (Å²) in [4.78, 5) is 12.6. The van der Waals surface area contributed by atoms with Crippen LogP contribution < -0.4 is 10.6 Å². The van der Waals surface area contributed by atoms with Gasteiger partial charge in [-0.3, -0.25) is 4.79 Å². The van der Waals surface area contributed by atoms with E-state index < -0.39 is 24.2 Å². The Balaban J connectivity index is 1.61. The summed E-state index contributed by atoms with van der Waals surface area (Å²) >= 11 is 12.0. The fraction of sp³-hybridized carbons (Fsp3) is 0.500. The first-order valence-electron chi connectivity index (χ1n) is 9.91. The molecule has 1 fully saturated rings. The van der Waals surface area contributed by atoms with E-state index >= 15 is 0 Å². The number of alkyl halides is 3. The summed E-state index contributed by atoms with van der Waals surface area (Å²) in [6.07, 6.45) is 0.165. The van der Waals surface area contributed by atoms with Gasteiger partial charge in [0.1, 0.15) is 5.82 Å². The van der Waals surface area contributed by atoms with Gasteiger partial charge >= 0.3 is 6.18 Å². The average molecular weight is 461 g/mol. The van der Waals surface area contributed by atoms with Gasteiger partial charge in [-0.05, 0) is 30.5 Å². The van der Waals surface area contributed by atoms with E-state index in [2.05, 4.69) is 15.7 Å². The molecule has 1 aliphatic heterocycles. The van der Waals surface area contributed by atoms with E-state index in [4.69, 9.17) is 23.2 Å². The molecule has 1 amide bonds. The van der Waals surface area contributed by atoms with Crippen molar-refractivity contribution >= 4 is 34.9 Å². The zero-order chi connectivity index (χ0) is 21.5. The third-order valence-corrected chi connectivity index (χ3v) is 6.45. The molecule has 4 rings (SSSR count). The average Bonchev–Trinajstić information content (AvgIpc) is 3.13. The van der Waals surface area contributed by atoms with E-state index in [9.17, 15) is 18.0 Å². The minimum Gasteiger partial charge on any atom is -0.363 e. The van der Waals surface area contributed by atoms with Crippen molar-refractivity contribution in [2.24, 2.45) is 0 Å². The van der Waals surface area contributed by atoms with Crippen LogP contribution in [0.15, 0.2) is 24.3 Å². The van der Waals surface area contributed by atoms with Crippen molar-refractivity contribution in [3.63, 3.8) is 0 Å². The Hall–Kier alpha value is -1.93. The maximum atomic E-state index is 13.8. The number of hydrogen-bond acceptors (Lipinski definition) is 3. The lowest BCUT2D eigenvalue weighted by Gasteiger charge is -2.33. The third-order valence-electron chi connectivity index (χ3n) is 5.71. The monoisotopic (exact) mass is 460 g/mol. The highest BCUT2D eigenvalue weighted by atomic mass is 35.5. The van der Waals surface area contributed by atoms with Crippen LogP contribution >= 0.6 is 23.2 Å². The zero-order valence-electron chi connectivity index (χ0n) is 16.0. The van der Waals surface area contributed by atoms with Crippen molar-refractivity contribution in [1.29, 1.82) is 0 Å². The summed E-state index contributed by atoms with van der Waals surface area (Å²) in [6.45, 7) is 0. The van der Waals surface area contributed by atoms with Crippen molar-refractivity contribution in [2.45, 2.75) is 62.8 Å². The highest BCUT2D eigenvalue weighted by Gasteiger charge is 2.47. The standard InChI is InChI=1S/C20H21Cl2F3N4O/c21-13-7-6-11(8-14(13)22)15-9-17(20(23,24)25)29-18(27-15)10-16(28-29)19(30)26-12-4-2-1-3-5-12/h6-8,10,12,15,17,27H,1-5,9H2,(H,26,30). The van der Waals surface area contributed by atoms with Gasteiger partial charge in [0.2, 0.25) is 0 Å². The van der Waals surface area contributed by atoms with Crippen LogP contribution in [-0.2, 0) is 0 Å². The first kappa shape index (κ1) is 21.3. The first-order valence-corrected chi connectivity index (χ1v) is 10.7. The van der Waals surface area contributed by atoms with Crippen molar-refractivity contribution < 1.29 is 18.0 Å². The number of aromatic nitrogens is 2. The van der Waals surface area contributed by atoms with Crippen LogP contribution in [0.1, 0.15) is 66.7 Å². The molecule has 5 nitrogen and oxygen atoms in total. The van der Waals surface area contributed by atoms with Crippen molar-refractivity contribution in [1.82, 2.24) is 15.1 Å². The minimum absolute atomic E-state index is 0.0212. The van der Waals surface area contributed by atoms with Gasteiger partial charge in [0.15, 0.2) is 11.7 Å². The molecule has 0 bridgehead atoms. The van der Waals surface area contributed by atoms with Gasteiger partial charge in [0, 0.05) is 18.5 Å². The third kappa shape index (κ3) is 4.39. The summed E-state index contributed by atoms with van der Waals surface area (Å²) in [5, 5.41) is 10.6. The normalized spacial score (nSPS) is 22.3. The van der Waals surface area contributed by atoms with Gasteiger partial charge < -0.3 is 10.6 Å². The second-order valence-corrected chi connectivity index (χ2v) is 8.65. The van der Waals surface area contributed by atoms with Crippen LogP contribution in [0.3, 0.4) is 0 Å². The number of carbonyl (C=O) groups is 1. The lowest BCUT2D eigenvalue weighted by atomic mass is 9.95. The van der Waals surface area contributed by atoms with Crippen LogP contribution in [0.4, 0.5) is 19.0 Å². The molecule has 2 atom stereocenters. The number of benzene rings is 1. The fourth-order valence-corrected chi connectivity index (χ4v) is 4.44. The highest BCUT2D eigenvalue weighted by molar-refractivity contribution is 6.42. The Morgan fingerprint density at radius 3 is 2.53 bits per heavy atom. The molecular formula is C20H21Cl2F3N4O. The summed E-state index contributed by atoms with van der Waals surface area (Å²) in [6, 6.07) is 3.66. The number of amides is 1. The second-order valence-electron chi connectivity index (χ2n) is 7.83. The van der Waals surface area contributed by atoms with Gasteiger partial charge in [-0.1, -0.05) is 48.5 Å². The number of nitrogens with one attached hydrogen (secondary N) is 2. The molecule has 1 aromatic carbocycles. The Morgan fingerprint density at radius 1 is 1.13 bits per heavy atom. The molecule has 2 aromatic rings. The Kier molecular flexibility index (Phi) is 5.90. The smallest absolute Gasteiger partial charge is 0.363 e. The minimum atomic E-state index is -4.52. The number of nitrogens with zero attached hydrogens (tertiary/aromatic N) is 2. The first-order chi connectivity index (χ1) is 14.2. The largest absolute Gasteiger partial charge is 0.410 e. The second kappa shape index (κ2) is 8.30. The van der Waals surface area contributed by atoms with Crippen molar-refractivity contribution in [3.8, 4) is 0 Å². The van der Waals surface area contributed by atoms with E-state index in [0.717, 1.165) is 36.8 Å². The molecule has 30 heavy (non-hydrogen) atoms. The van der Waals surface area contributed by atoms with Gasteiger partial charge in [0.25, 0.3) is 5.91 Å². The van der Waals surface area contributed by atoms with Crippen LogP contribution in [0.5, 0.6) is 0 Å². The number of rotatable bonds is 3. The van der Waals surface area contributed by atoms with Crippen LogP contribution in [-0.4, -0.2) is 27.9 Å². The van der Waals surface area contributed by atoms with Crippen molar-refractivity contribution in [3.05, 3.63) is 45.6 Å². The molecular weight excluding hydrogens is 440 g/mol. The van der Waals surface area contributed by atoms with Crippen molar-refractivity contribution in [2.75, 3.05) is 5.32 Å². The molecule has 0 radical (unpaired) electrons. The number of hydrogen-bond donors (Lipinski definition) is 2. The fourth-order valence-electron chi connectivity index (χ4n) is 4.14. The molecule has 1 aromatic heterocycles. The molecule has 2 N–H and O–H groups in total. The molecule has 2 unspecified atom stereocenters. The van der Waals surface area contributed by atoms with Gasteiger partial charge in [0.05, 0.1) is 16.1 Å². The Bertz CT molecular complexity index is 941. The predicted octanol–water partition coefficient (Wildman–Crippen LogP) is 5.91. The van der Waals surface area contributed by atoms with E-state index in [1.807, 2.05) is 0 Å². The highest BCUT2D eigenvalue weighted by Crippen LogP contribution is 2.44. The Labute approximate surface area is 181 Å². The maximum Gasteiger partial charge on any atom is 0.410 e. The lowest BCUT2D eigenvalue weighted by molar-refractivity contribution is -0.173. The van der Waals surface area contributed by atoms with E-state index in [1.165, 1.54) is 6.07 Å². The number of carbonyl (C=O) groups excluding carboxylic acids is 1. The molecule has 10 heteroatoms. The molecule has 0 saturated heterocycles. The zero-order valence-corrected chi connectivity index (χ0v) is 17.5. The number of fused-ring (bicyclic) bond motifs is 1. The van der Waals surface area contributed by atoms with E-state index in [0.29, 0.717) is 10.6 Å². The molecule has 2 heterocycles. The van der Waals surface area contributed by atoms with Crippen LogP contribution in [0.2, 0.25) is 10.0 Å². The molecule has 0 spiro atoms. The lowest BCUT2D eigenvalue weighted by Crippen LogP contribution is -2.37. The topological polar surface area (TPSA) is 59.0 Å². The quantitative estimate of drug-likeness (QED) is 0.598. The molecule has 2 aliphatic rings. The van der Waals surface area contributed by atoms with E-state index in [-0.39, 0.29) is 29.0 Å². The van der Waals surface area contributed by atoms with Gasteiger partial charge in [-0.15, -0.1) is 0 Å². The molecule has 1 aliphatic carbocycles. The summed E-state index contributed by atoms with van der Waals surface area (Å²) in [7, 11) is 0. The summed E-state index contributed by atoms with van der Waals surface area (Å²) in [5.41, 5.74) is 0.561. The van der Waals surface area contributed by atoms with Gasteiger partial charge in [-0.25, -0.2) is 4.68 Å². The summed E-state index contributed by atoms with van der Waals surface area (Å²) < 4.78 is 42.3. The maximum absolute atomic E-state index is 13.8. The Morgan fingerprint density at radius 2 is 1.87 bits per heavy atom. The number of halogens is 5. The SMILES string of the molecule is O=C(NC1CCCCC1)c1cc2n(n1)C(C(F)(F)F)CC(c1ccc(Cl)c(Cl)c1)N2. The van der Waals surface area contributed by atoms with Crippen LogP contribution in [0.25, 0.3) is 0 Å². The number of anilines is 1. The predicted molar refractivity (Wildman–Crippen MR) is 109 cm³/mol. The van der Waals surface area contributed by atoms with Gasteiger partial charge in [-0.2, -0.15) is 18.3 Å². The van der Waals surface area contributed by atoms with Crippen LogP contribution in [0, 0.1) is 0 Å². The van der Waals surface area contributed by atoms with E-state index in [1.54, 1.807) is 18.2 Å². The molecule has 162 valence electrons.